The second-order valence-electron chi connectivity index (χ2n) is 6.89. The van der Waals surface area contributed by atoms with E-state index in [-0.39, 0.29) is 18.0 Å². The lowest BCUT2D eigenvalue weighted by Gasteiger charge is -2.06. The van der Waals surface area contributed by atoms with E-state index >= 15 is 0 Å². The molecule has 0 unspecified atom stereocenters. The van der Waals surface area contributed by atoms with Crippen molar-refractivity contribution in [2.45, 2.75) is 20.8 Å². The fourth-order valence-electron chi connectivity index (χ4n) is 3.09. The smallest absolute Gasteiger partial charge is 0.338 e. The average Bonchev–Trinajstić information content (AvgIpc) is 3.06. The second-order valence-corrected chi connectivity index (χ2v) is 6.89. The Morgan fingerprint density at radius 1 is 1.16 bits per heavy atom. The van der Waals surface area contributed by atoms with Crippen LogP contribution in [0.15, 0.2) is 54.1 Å². The molecule has 8 heteroatoms. The summed E-state index contributed by atoms with van der Waals surface area (Å²) in [6.07, 6.45) is 1.47. The molecule has 0 aliphatic rings. The van der Waals surface area contributed by atoms with Crippen molar-refractivity contribution in [3.8, 4) is 11.8 Å². The third kappa shape index (κ3) is 4.90. The molecule has 0 radical (unpaired) electrons. The quantitative estimate of drug-likeness (QED) is 0.355. The minimum absolute atomic E-state index is 0.107. The van der Waals surface area contributed by atoms with E-state index in [0.29, 0.717) is 33.9 Å². The number of nitrogens with zero attached hydrogens (tertiary/aromatic N) is 3. The number of carbonyl (C=O) groups excluding carboxylic acids is 2. The zero-order valence-corrected chi connectivity index (χ0v) is 17.8. The van der Waals surface area contributed by atoms with Gasteiger partial charge in [0.25, 0.3) is 5.91 Å². The van der Waals surface area contributed by atoms with Gasteiger partial charge in [0.15, 0.2) is 0 Å². The molecule has 0 saturated heterocycles. The van der Waals surface area contributed by atoms with Crippen LogP contribution in [0.25, 0.3) is 11.8 Å². The summed E-state index contributed by atoms with van der Waals surface area (Å²) in [6.45, 7) is 5.55. The van der Waals surface area contributed by atoms with E-state index in [4.69, 9.17) is 4.74 Å². The third-order valence-electron chi connectivity index (χ3n) is 4.73. The normalized spacial score (nSPS) is 11.0. The number of nitrogens with one attached hydrogen (secondary N) is 1. The van der Waals surface area contributed by atoms with Crippen molar-refractivity contribution in [3.63, 3.8) is 0 Å². The van der Waals surface area contributed by atoms with Crippen molar-refractivity contribution >= 4 is 23.6 Å². The highest BCUT2D eigenvalue weighted by molar-refractivity contribution is 6.10. The first kappa shape index (κ1) is 22.4. The van der Waals surface area contributed by atoms with Gasteiger partial charge in [0.1, 0.15) is 17.5 Å². The number of benzene rings is 2. The molecule has 32 heavy (non-hydrogen) atoms. The molecule has 1 aromatic heterocycles. The molecule has 0 saturated carbocycles. The molecular formula is C24H21FN4O3. The van der Waals surface area contributed by atoms with E-state index in [9.17, 15) is 19.2 Å². The lowest BCUT2D eigenvalue weighted by molar-refractivity contribution is -0.112. The topological polar surface area (TPSA) is 97.0 Å². The molecule has 0 fully saturated rings. The van der Waals surface area contributed by atoms with E-state index in [0.717, 1.165) is 0 Å². The number of aryl methyl sites for hydroxylation is 1. The number of aromatic nitrogens is 2. The summed E-state index contributed by atoms with van der Waals surface area (Å²) >= 11 is 0. The van der Waals surface area contributed by atoms with Crippen LogP contribution in [-0.2, 0) is 9.53 Å². The van der Waals surface area contributed by atoms with Gasteiger partial charge in [-0.3, -0.25) is 4.79 Å². The van der Waals surface area contributed by atoms with Gasteiger partial charge >= 0.3 is 5.97 Å². The highest BCUT2D eigenvalue weighted by Gasteiger charge is 2.16. The van der Waals surface area contributed by atoms with Gasteiger partial charge in [-0.1, -0.05) is 0 Å². The van der Waals surface area contributed by atoms with Gasteiger partial charge in [-0.05, 0) is 75.4 Å². The van der Waals surface area contributed by atoms with Gasteiger partial charge in [-0.15, -0.1) is 0 Å². The van der Waals surface area contributed by atoms with Gasteiger partial charge in [-0.25, -0.2) is 13.9 Å². The fraction of sp³-hybridized carbons (Fsp3) is 0.167. The minimum atomic E-state index is -0.593. The van der Waals surface area contributed by atoms with Crippen LogP contribution < -0.4 is 5.32 Å². The third-order valence-corrected chi connectivity index (χ3v) is 4.73. The molecule has 1 heterocycles. The molecule has 0 aliphatic carbocycles. The number of amides is 1. The molecule has 162 valence electrons. The van der Waals surface area contributed by atoms with Gasteiger partial charge in [0, 0.05) is 16.9 Å². The standard InChI is InChI=1S/C24H21FN4O3/c1-4-32-24(31)17-5-9-20(10-6-17)27-23(30)18(14-26)13-22-15(2)28-29(16(22)3)21-11-7-19(25)8-12-21/h5-13H,4H2,1-3H3,(H,27,30)/b18-13-. The monoisotopic (exact) mass is 432 g/mol. The highest BCUT2D eigenvalue weighted by atomic mass is 19.1. The Hall–Kier alpha value is -4.25. The van der Waals surface area contributed by atoms with Crippen LogP contribution in [-0.4, -0.2) is 28.3 Å². The molecule has 0 spiro atoms. The Morgan fingerprint density at radius 3 is 2.41 bits per heavy atom. The number of anilines is 1. The largest absolute Gasteiger partial charge is 0.462 e. The molecule has 2 aromatic carbocycles. The Morgan fingerprint density at radius 2 is 1.81 bits per heavy atom. The predicted molar refractivity (Wildman–Crippen MR) is 118 cm³/mol. The van der Waals surface area contributed by atoms with Gasteiger partial charge in [-0.2, -0.15) is 10.4 Å². The average molecular weight is 432 g/mol. The van der Waals surface area contributed by atoms with Crippen LogP contribution >= 0.6 is 0 Å². The van der Waals surface area contributed by atoms with Gasteiger partial charge in [0.05, 0.1) is 23.6 Å². The van der Waals surface area contributed by atoms with E-state index in [1.165, 1.54) is 30.3 Å². The maximum absolute atomic E-state index is 13.2. The second kappa shape index (κ2) is 9.71. The van der Waals surface area contributed by atoms with E-state index in [1.54, 1.807) is 49.7 Å². The summed E-state index contributed by atoms with van der Waals surface area (Å²) in [6, 6.07) is 14.0. The lowest BCUT2D eigenvalue weighted by atomic mass is 10.1. The van der Waals surface area contributed by atoms with Gasteiger partial charge in [0.2, 0.25) is 0 Å². The summed E-state index contributed by atoms with van der Waals surface area (Å²) in [5.74, 6) is -1.40. The SMILES string of the molecule is CCOC(=O)c1ccc(NC(=O)/C(C#N)=C\c2c(C)nn(-c3ccc(F)cc3)c2C)cc1. The Bertz CT molecular complexity index is 1220. The Balaban J connectivity index is 1.83. The molecule has 0 atom stereocenters. The number of esters is 1. The molecule has 3 aromatic rings. The Kier molecular flexibility index (Phi) is 6.80. The minimum Gasteiger partial charge on any atom is -0.462 e. The van der Waals surface area contributed by atoms with Crippen LogP contribution in [0, 0.1) is 31.0 Å². The number of ether oxygens (including phenoxy) is 1. The number of halogens is 1. The fourth-order valence-corrected chi connectivity index (χ4v) is 3.09. The van der Waals surface area contributed by atoms with E-state index < -0.39 is 11.9 Å². The number of hydrogen-bond donors (Lipinski definition) is 1. The molecular weight excluding hydrogens is 411 g/mol. The van der Waals surface area contributed by atoms with Crippen LogP contribution in [0.4, 0.5) is 10.1 Å². The van der Waals surface area contributed by atoms with Crippen LogP contribution in [0.1, 0.15) is 34.2 Å². The van der Waals surface area contributed by atoms with E-state index in [2.05, 4.69) is 10.4 Å². The van der Waals surface area contributed by atoms with E-state index in [1.807, 2.05) is 6.07 Å². The van der Waals surface area contributed by atoms with Crippen molar-refractivity contribution in [3.05, 3.63) is 82.4 Å². The summed E-state index contributed by atoms with van der Waals surface area (Å²) in [5, 5.41) is 16.6. The number of carbonyl (C=O) groups is 2. The molecule has 7 nitrogen and oxygen atoms in total. The Labute approximate surface area is 184 Å². The first-order valence-corrected chi connectivity index (χ1v) is 9.86. The maximum atomic E-state index is 13.2. The molecule has 1 N–H and O–H groups in total. The van der Waals surface area contributed by atoms with Crippen LogP contribution in [0.3, 0.4) is 0 Å². The molecule has 3 rings (SSSR count). The summed E-state index contributed by atoms with van der Waals surface area (Å²) in [7, 11) is 0. The van der Waals surface area contributed by atoms with Crippen LogP contribution in [0.5, 0.6) is 0 Å². The molecule has 0 bridgehead atoms. The van der Waals surface area contributed by atoms with Crippen LogP contribution in [0.2, 0.25) is 0 Å². The summed E-state index contributed by atoms with van der Waals surface area (Å²) < 4.78 is 19.8. The zero-order valence-electron chi connectivity index (χ0n) is 17.8. The number of rotatable bonds is 6. The first-order valence-electron chi connectivity index (χ1n) is 9.86. The van der Waals surface area contributed by atoms with Crippen molar-refractivity contribution in [2.24, 2.45) is 0 Å². The number of nitriles is 1. The van der Waals surface area contributed by atoms with Crippen molar-refractivity contribution in [2.75, 3.05) is 11.9 Å². The van der Waals surface area contributed by atoms with Crippen molar-refractivity contribution in [1.82, 2.24) is 9.78 Å². The van der Waals surface area contributed by atoms with Crippen molar-refractivity contribution in [1.29, 1.82) is 5.26 Å². The number of hydrogen-bond acceptors (Lipinski definition) is 5. The first-order chi connectivity index (χ1) is 15.3. The predicted octanol–water partition coefficient (Wildman–Crippen LogP) is 4.35. The maximum Gasteiger partial charge on any atom is 0.338 e. The summed E-state index contributed by atoms with van der Waals surface area (Å²) in [5.41, 5.74) is 3.29. The molecule has 1 amide bonds. The lowest BCUT2D eigenvalue weighted by Crippen LogP contribution is -2.14. The van der Waals surface area contributed by atoms with Crippen molar-refractivity contribution < 1.29 is 18.7 Å². The van der Waals surface area contributed by atoms with Gasteiger partial charge < -0.3 is 10.1 Å². The summed E-state index contributed by atoms with van der Waals surface area (Å²) in [4.78, 5) is 24.4. The zero-order chi connectivity index (χ0) is 23.3. The highest BCUT2D eigenvalue weighted by Crippen LogP contribution is 2.21. The molecule has 0 aliphatic heterocycles.